The van der Waals surface area contributed by atoms with Crippen LogP contribution in [0.15, 0.2) is 23.8 Å². The summed E-state index contributed by atoms with van der Waals surface area (Å²) in [4.78, 5) is 35.9. The number of aliphatic hydroxyl groups is 2. The number of ketones is 1. The summed E-state index contributed by atoms with van der Waals surface area (Å²) in [5.74, 6) is -1.52. The molecule has 2 aliphatic carbocycles. The van der Waals surface area contributed by atoms with Gasteiger partial charge in [-0.3, -0.25) is 14.4 Å². The number of carbonyl (C=O) groups excluding carboxylic acids is 2. The highest BCUT2D eigenvalue weighted by molar-refractivity contribution is 5.83. The summed E-state index contributed by atoms with van der Waals surface area (Å²) in [6.07, 6.45) is 7.01. The minimum absolute atomic E-state index is 0.0639. The monoisotopic (exact) mass is 506 g/mol. The second-order valence-electron chi connectivity index (χ2n) is 11.8. The topological polar surface area (TPSA) is 121 Å². The fraction of sp³-hybridized carbons (Fsp3) is 0.759. The second kappa shape index (κ2) is 13.0. The molecular formula is C29H46O7. The normalized spacial score (nSPS) is 28.4. The van der Waals surface area contributed by atoms with E-state index in [4.69, 9.17) is 9.84 Å². The molecule has 2 rings (SSSR count). The molecular weight excluding hydrogens is 460 g/mol. The van der Waals surface area contributed by atoms with Crippen molar-refractivity contribution in [1.82, 2.24) is 0 Å². The molecule has 3 N–H and O–H groups in total. The van der Waals surface area contributed by atoms with E-state index >= 15 is 0 Å². The van der Waals surface area contributed by atoms with Crippen molar-refractivity contribution in [1.29, 1.82) is 0 Å². The number of aliphatic hydroxyl groups excluding tert-OH is 2. The molecule has 0 aromatic rings. The molecule has 0 heterocycles. The summed E-state index contributed by atoms with van der Waals surface area (Å²) < 4.78 is 6.13. The van der Waals surface area contributed by atoms with E-state index in [1.807, 2.05) is 20.8 Å². The quantitative estimate of drug-likeness (QED) is 0.310. The van der Waals surface area contributed by atoms with Gasteiger partial charge in [0.05, 0.1) is 23.5 Å². The van der Waals surface area contributed by atoms with Crippen molar-refractivity contribution in [2.24, 2.45) is 35.0 Å². The SMILES string of the molecule is CCC(C)(C)C(=O)O[C@H]1C[C@@H](C)C=C2C=C[C@H](C)[C@H](CC[C@@H](O)C[C@@H](O)CC(=O)CC(C)C(=O)O)[C@H]21. The zero-order valence-corrected chi connectivity index (χ0v) is 22.8. The number of Topliss-reactive ketones (excluding diaryl/α,β-unsaturated/α-hetero) is 1. The van der Waals surface area contributed by atoms with E-state index in [2.05, 4.69) is 32.1 Å². The highest BCUT2D eigenvalue weighted by Crippen LogP contribution is 2.45. The predicted octanol–water partition coefficient (Wildman–Crippen LogP) is 4.70. The molecule has 7 nitrogen and oxygen atoms in total. The van der Waals surface area contributed by atoms with Crippen LogP contribution in [-0.2, 0) is 19.1 Å². The standard InChI is InChI=1S/C29H46O7/c1-7-29(5,6)28(35)36-25-13-17(2)12-20-9-8-18(3)24(26(20)25)11-10-21(30)15-23(32)16-22(31)14-19(4)27(33)34/h8-9,12,17-19,21,23-26,30,32H,7,10-11,13-16H2,1-6H3,(H,33,34)/t17-,18-,19?,21+,23+,24-,25-,26-/m0/s1. The molecule has 0 aliphatic heterocycles. The number of aliphatic carboxylic acids is 1. The van der Waals surface area contributed by atoms with Crippen LogP contribution in [0.4, 0.5) is 0 Å². The lowest BCUT2D eigenvalue weighted by molar-refractivity contribution is -0.164. The molecule has 7 heteroatoms. The number of carboxylic acids is 1. The molecule has 0 radical (unpaired) electrons. The maximum atomic E-state index is 12.9. The van der Waals surface area contributed by atoms with Crippen LogP contribution >= 0.6 is 0 Å². The lowest BCUT2D eigenvalue weighted by Gasteiger charge is -2.44. The molecule has 0 fully saturated rings. The second-order valence-corrected chi connectivity index (χ2v) is 11.8. The Labute approximate surface area is 216 Å². The van der Waals surface area contributed by atoms with Gasteiger partial charge in [0.2, 0.25) is 0 Å². The number of hydrogen-bond acceptors (Lipinski definition) is 6. The summed E-state index contributed by atoms with van der Waals surface area (Å²) in [7, 11) is 0. The Balaban J connectivity index is 2.02. The Kier molecular flexibility index (Phi) is 10.9. The number of hydrogen-bond donors (Lipinski definition) is 3. The third-order valence-corrected chi connectivity index (χ3v) is 8.09. The van der Waals surface area contributed by atoms with Crippen molar-refractivity contribution in [3.05, 3.63) is 23.8 Å². The zero-order chi connectivity index (χ0) is 27.2. The maximum absolute atomic E-state index is 12.9. The van der Waals surface area contributed by atoms with Crippen LogP contribution in [0.5, 0.6) is 0 Å². The van der Waals surface area contributed by atoms with Crippen molar-refractivity contribution >= 4 is 17.7 Å². The van der Waals surface area contributed by atoms with Crippen molar-refractivity contribution in [3.8, 4) is 0 Å². The predicted molar refractivity (Wildman–Crippen MR) is 138 cm³/mol. The number of carbonyl (C=O) groups is 3. The summed E-state index contributed by atoms with van der Waals surface area (Å²) in [5, 5.41) is 29.9. The number of carboxylic acid groups (broad SMARTS) is 1. The van der Waals surface area contributed by atoms with E-state index in [1.165, 1.54) is 12.5 Å². The van der Waals surface area contributed by atoms with Gasteiger partial charge in [-0.05, 0) is 69.3 Å². The fourth-order valence-corrected chi connectivity index (χ4v) is 5.34. The molecule has 1 unspecified atom stereocenters. The van der Waals surface area contributed by atoms with Crippen LogP contribution in [0, 0.1) is 35.0 Å². The van der Waals surface area contributed by atoms with Crippen LogP contribution in [0.25, 0.3) is 0 Å². The van der Waals surface area contributed by atoms with Gasteiger partial charge >= 0.3 is 11.9 Å². The number of rotatable bonds is 13. The van der Waals surface area contributed by atoms with E-state index in [0.717, 1.165) is 6.42 Å². The van der Waals surface area contributed by atoms with Crippen molar-refractivity contribution in [2.45, 2.75) is 105 Å². The van der Waals surface area contributed by atoms with Gasteiger partial charge in [-0.15, -0.1) is 0 Å². The number of esters is 1. The van der Waals surface area contributed by atoms with Crippen LogP contribution in [0.1, 0.15) is 86.5 Å². The molecule has 0 aromatic heterocycles. The fourth-order valence-electron chi connectivity index (χ4n) is 5.34. The molecule has 0 saturated carbocycles. The molecule has 0 amide bonds. The molecule has 0 spiro atoms. The van der Waals surface area contributed by atoms with Crippen molar-refractivity contribution < 1.29 is 34.4 Å². The first kappa shape index (κ1) is 30.2. The summed E-state index contributed by atoms with van der Waals surface area (Å²) in [6.45, 7) is 11.6. The number of ether oxygens (including phenoxy) is 1. The Hall–Kier alpha value is -1.99. The Morgan fingerprint density at radius 1 is 1.14 bits per heavy atom. The summed E-state index contributed by atoms with van der Waals surface area (Å²) >= 11 is 0. The smallest absolute Gasteiger partial charge is 0.311 e. The molecule has 0 saturated heterocycles. The van der Waals surface area contributed by atoms with Gasteiger partial charge in [-0.25, -0.2) is 0 Å². The maximum Gasteiger partial charge on any atom is 0.311 e. The Morgan fingerprint density at radius 3 is 2.42 bits per heavy atom. The van der Waals surface area contributed by atoms with Gasteiger partial charge in [-0.1, -0.05) is 45.9 Å². The van der Waals surface area contributed by atoms with E-state index in [-0.39, 0.29) is 54.9 Å². The van der Waals surface area contributed by atoms with Crippen molar-refractivity contribution in [3.63, 3.8) is 0 Å². The summed E-state index contributed by atoms with van der Waals surface area (Å²) in [5.41, 5.74) is 0.652. The average Bonchev–Trinajstić information content (AvgIpc) is 2.77. The zero-order valence-electron chi connectivity index (χ0n) is 22.8. The van der Waals surface area contributed by atoms with Gasteiger partial charge in [0.25, 0.3) is 0 Å². The number of allylic oxidation sites excluding steroid dienone is 3. The number of fused-ring (bicyclic) bond motifs is 1. The lowest BCUT2D eigenvalue weighted by atomic mass is 9.65. The first-order valence-electron chi connectivity index (χ1n) is 13.5. The van der Waals surface area contributed by atoms with Gasteiger partial charge in [0.1, 0.15) is 11.9 Å². The van der Waals surface area contributed by atoms with E-state index in [1.54, 1.807) is 0 Å². The third-order valence-electron chi connectivity index (χ3n) is 8.09. The lowest BCUT2D eigenvalue weighted by Crippen LogP contribution is -2.43. The molecule has 36 heavy (non-hydrogen) atoms. The van der Waals surface area contributed by atoms with Gasteiger partial charge in [-0.2, -0.15) is 0 Å². The first-order valence-corrected chi connectivity index (χ1v) is 13.5. The van der Waals surface area contributed by atoms with E-state index in [0.29, 0.717) is 25.2 Å². The van der Waals surface area contributed by atoms with Crippen LogP contribution in [-0.4, -0.2) is 51.4 Å². The minimum Gasteiger partial charge on any atom is -0.481 e. The van der Waals surface area contributed by atoms with Gasteiger partial charge in [0.15, 0.2) is 0 Å². The Bertz CT molecular complexity index is 843. The molecule has 204 valence electrons. The average molecular weight is 507 g/mol. The van der Waals surface area contributed by atoms with Gasteiger partial charge < -0.3 is 20.1 Å². The first-order chi connectivity index (χ1) is 16.7. The molecule has 0 aromatic carbocycles. The van der Waals surface area contributed by atoms with E-state index in [9.17, 15) is 24.6 Å². The van der Waals surface area contributed by atoms with Gasteiger partial charge in [0, 0.05) is 18.8 Å². The molecule has 8 atom stereocenters. The van der Waals surface area contributed by atoms with E-state index < -0.39 is 29.5 Å². The van der Waals surface area contributed by atoms with Crippen LogP contribution in [0.2, 0.25) is 0 Å². The third kappa shape index (κ3) is 8.27. The van der Waals surface area contributed by atoms with Crippen LogP contribution in [0.3, 0.4) is 0 Å². The highest BCUT2D eigenvalue weighted by Gasteiger charge is 2.42. The Morgan fingerprint density at radius 2 is 1.81 bits per heavy atom. The minimum atomic E-state index is -1.04. The largest absolute Gasteiger partial charge is 0.481 e. The van der Waals surface area contributed by atoms with Crippen LogP contribution < -0.4 is 0 Å². The summed E-state index contributed by atoms with van der Waals surface area (Å²) in [6, 6.07) is 0. The molecule has 2 aliphatic rings. The molecule has 0 bridgehead atoms. The van der Waals surface area contributed by atoms with Crippen molar-refractivity contribution in [2.75, 3.05) is 0 Å². The highest BCUT2D eigenvalue weighted by atomic mass is 16.5.